The van der Waals surface area contributed by atoms with Crippen molar-refractivity contribution in [3.63, 3.8) is 0 Å². The van der Waals surface area contributed by atoms with Crippen molar-refractivity contribution in [2.45, 2.75) is 13.8 Å². The fraction of sp³-hybridized carbons (Fsp3) is 0.417. The molecule has 0 amide bonds. The van der Waals surface area contributed by atoms with E-state index >= 15 is 0 Å². The van der Waals surface area contributed by atoms with Gasteiger partial charge in [-0.2, -0.15) is 0 Å². The Bertz CT molecular complexity index is 574. The van der Waals surface area contributed by atoms with Crippen molar-refractivity contribution in [2.75, 3.05) is 22.9 Å². The second kappa shape index (κ2) is 4.93. The van der Waals surface area contributed by atoms with Crippen LogP contribution < -0.4 is 4.31 Å². The Labute approximate surface area is 112 Å². The number of hydrogen-bond acceptors (Lipinski definition) is 4. The lowest BCUT2D eigenvalue weighted by atomic mass is 10.1. The van der Waals surface area contributed by atoms with Gasteiger partial charge in [-0.15, -0.1) is 0 Å². The van der Waals surface area contributed by atoms with E-state index in [0.717, 1.165) is 22.6 Å². The summed E-state index contributed by atoms with van der Waals surface area (Å²) in [6, 6.07) is 5.76. The molecule has 1 aliphatic heterocycles. The van der Waals surface area contributed by atoms with Crippen LogP contribution in [0.4, 0.5) is 5.69 Å². The zero-order valence-electron chi connectivity index (χ0n) is 10.7. The van der Waals surface area contributed by atoms with Crippen LogP contribution in [0, 0.1) is 13.8 Å². The number of amidine groups is 1. The first-order chi connectivity index (χ1) is 8.41. The molecule has 18 heavy (non-hydrogen) atoms. The molecule has 98 valence electrons. The van der Waals surface area contributed by atoms with Crippen LogP contribution in [0.15, 0.2) is 23.2 Å². The molecule has 2 rings (SSSR count). The molecule has 0 aromatic heterocycles. The molecule has 0 aliphatic carbocycles. The summed E-state index contributed by atoms with van der Waals surface area (Å²) in [6.07, 6.45) is 1.22. The van der Waals surface area contributed by atoms with Crippen molar-refractivity contribution in [3.8, 4) is 0 Å². The third-order valence-electron chi connectivity index (χ3n) is 2.72. The van der Waals surface area contributed by atoms with Crippen molar-refractivity contribution in [1.29, 1.82) is 0 Å². The van der Waals surface area contributed by atoms with Gasteiger partial charge in [0.1, 0.15) is 0 Å². The van der Waals surface area contributed by atoms with Crippen LogP contribution in [0.5, 0.6) is 0 Å². The van der Waals surface area contributed by atoms with Crippen LogP contribution >= 0.6 is 11.8 Å². The Hall–Kier alpha value is -1.01. The van der Waals surface area contributed by atoms with E-state index in [1.165, 1.54) is 22.3 Å². The van der Waals surface area contributed by atoms with Crippen molar-refractivity contribution >= 4 is 32.6 Å². The summed E-state index contributed by atoms with van der Waals surface area (Å²) in [5.41, 5.74) is 2.61. The van der Waals surface area contributed by atoms with Gasteiger partial charge in [-0.1, -0.05) is 30.0 Å². The van der Waals surface area contributed by atoms with E-state index in [4.69, 9.17) is 0 Å². The third-order valence-corrected chi connectivity index (χ3v) is 4.81. The normalized spacial score (nSPS) is 15.6. The summed E-state index contributed by atoms with van der Waals surface area (Å²) in [5.74, 6) is 0.840. The molecule has 1 aromatic carbocycles. The first-order valence-electron chi connectivity index (χ1n) is 5.65. The fourth-order valence-electron chi connectivity index (χ4n) is 1.98. The number of hydrogen-bond donors (Lipinski definition) is 0. The number of aryl methyl sites for hydroxylation is 2. The van der Waals surface area contributed by atoms with Crippen molar-refractivity contribution in [1.82, 2.24) is 0 Å². The molecule has 0 saturated heterocycles. The summed E-state index contributed by atoms with van der Waals surface area (Å²) >= 11 is 1.49. The predicted molar refractivity (Wildman–Crippen MR) is 78.0 cm³/mol. The van der Waals surface area contributed by atoms with Crippen LogP contribution in [0.2, 0.25) is 0 Å². The SMILES string of the molecule is Cc1cccc(C)c1N(C1=NCCS1)S(C)(=O)=O. The van der Waals surface area contributed by atoms with Gasteiger partial charge in [0.15, 0.2) is 5.17 Å². The molecule has 0 unspecified atom stereocenters. The predicted octanol–water partition coefficient (Wildman–Crippen LogP) is 2.17. The summed E-state index contributed by atoms with van der Waals surface area (Å²) < 4.78 is 25.5. The van der Waals surface area contributed by atoms with Gasteiger partial charge in [-0.05, 0) is 25.0 Å². The standard InChI is InChI=1S/C12H16N2O2S2/c1-9-5-4-6-10(2)11(9)14(18(3,15)16)12-13-7-8-17-12/h4-6H,7-8H2,1-3H3. The van der Waals surface area contributed by atoms with Gasteiger partial charge in [0.25, 0.3) is 0 Å². The number of anilines is 1. The van der Waals surface area contributed by atoms with Gasteiger partial charge >= 0.3 is 0 Å². The second-order valence-electron chi connectivity index (χ2n) is 4.28. The highest BCUT2D eigenvalue weighted by Gasteiger charge is 2.28. The molecule has 1 aromatic rings. The smallest absolute Gasteiger partial charge is 0.238 e. The molecule has 0 N–H and O–H groups in total. The number of rotatable bonds is 2. The first kappa shape index (κ1) is 13.4. The van der Waals surface area contributed by atoms with Crippen molar-refractivity contribution in [3.05, 3.63) is 29.3 Å². The number of benzene rings is 1. The Balaban J connectivity index is 2.61. The molecule has 0 atom stereocenters. The Morgan fingerprint density at radius 3 is 2.33 bits per heavy atom. The lowest BCUT2D eigenvalue weighted by molar-refractivity contribution is 0.603. The van der Waals surface area contributed by atoms with Gasteiger partial charge in [0.2, 0.25) is 10.0 Å². The number of para-hydroxylation sites is 1. The second-order valence-corrected chi connectivity index (χ2v) is 7.17. The van der Waals surface area contributed by atoms with Gasteiger partial charge in [-0.3, -0.25) is 4.99 Å². The maximum absolute atomic E-state index is 12.1. The zero-order chi connectivity index (χ0) is 13.3. The summed E-state index contributed by atoms with van der Waals surface area (Å²) in [7, 11) is -3.36. The largest absolute Gasteiger partial charge is 0.261 e. The monoisotopic (exact) mass is 284 g/mol. The third kappa shape index (κ3) is 2.54. The minimum Gasteiger partial charge on any atom is -0.261 e. The number of sulfonamides is 1. The number of thioether (sulfide) groups is 1. The maximum atomic E-state index is 12.1. The van der Waals surface area contributed by atoms with Crippen LogP contribution in [0.1, 0.15) is 11.1 Å². The van der Waals surface area contributed by atoms with Crippen LogP contribution in [-0.4, -0.2) is 32.1 Å². The van der Waals surface area contributed by atoms with Gasteiger partial charge < -0.3 is 0 Å². The first-order valence-corrected chi connectivity index (χ1v) is 8.48. The molecular formula is C12H16N2O2S2. The zero-order valence-corrected chi connectivity index (χ0v) is 12.3. The Kier molecular flexibility index (Phi) is 3.68. The average molecular weight is 284 g/mol. The quantitative estimate of drug-likeness (QED) is 0.836. The maximum Gasteiger partial charge on any atom is 0.238 e. The lowest BCUT2D eigenvalue weighted by Gasteiger charge is -2.24. The minimum atomic E-state index is -3.36. The van der Waals surface area contributed by atoms with Crippen molar-refractivity contribution in [2.24, 2.45) is 4.99 Å². The molecule has 1 heterocycles. The van der Waals surface area contributed by atoms with E-state index in [2.05, 4.69) is 4.99 Å². The van der Waals surface area contributed by atoms with Crippen molar-refractivity contribution < 1.29 is 8.42 Å². The topological polar surface area (TPSA) is 49.7 Å². The Morgan fingerprint density at radius 2 is 1.89 bits per heavy atom. The van der Waals surface area contributed by atoms with Gasteiger partial charge in [0, 0.05) is 5.75 Å². The van der Waals surface area contributed by atoms with Gasteiger partial charge in [-0.25, -0.2) is 12.7 Å². The summed E-state index contributed by atoms with van der Waals surface area (Å²) in [5, 5.41) is 0.579. The highest BCUT2D eigenvalue weighted by Crippen LogP contribution is 2.31. The molecule has 0 fully saturated rings. The van der Waals surface area contributed by atoms with Crippen LogP contribution in [0.25, 0.3) is 0 Å². The van der Waals surface area contributed by atoms with E-state index in [0.29, 0.717) is 11.7 Å². The highest BCUT2D eigenvalue weighted by atomic mass is 32.2. The van der Waals surface area contributed by atoms with E-state index in [-0.39, 0.29) is 0 Å². The lowest BCUT2D eigenvalue weighted by Crippen LogP contribution is -2.34. The fourth-order valence-corrected chi connectivity index (χ4v) is 4.26. The number of aliphatic imine (C=N–C) groups is 1. The molecule has 0 saturated carbocycles. The summed E-state index contributed by atoms with van der Waals surface area (Å²) in [6.45, 7) is 4.51. The molecule has 6 heteroatoms. The average Bonchev–Trinajstić information content (AvgIpc) is 2.74. The highest BCUT2D eigenvalue weighted by molar-refractivity contribution is 8.16. The molecule has 4 nitrogen and oxygen atoms in total. The van der Waals surface area contributed by atoms with E-state index in [9.17, 15) is 8.42 Å². The minimum absolute atomic E-state index is 0.579. The summed E-state index contributed by atoms with van der Waals surface area (Å²) in [4.78, 5) is 4.29. The number of nitrogens with zero attached hydrogens (tertiary/aromatic N) is 2. The van der Waals surface area contributed by atoms with E-state index in [1.807, 2.05) is 32.0 Å². The molecule has 0 bridgehead atoms. The Morgan fingerprint density at radius 1 is 1.28 bits per heavy atom. The molecular weight excluding hydrogens is 268 g/mol. The van der Waals surface area contributed by atoms with Crippen LogP contribution in [0.3, 0.4) is 0 Å². The van der Waals surface area contributed by atoms with Crippen LogP contribution in [-0.2, 0) is 10.0 Å². The molecule has 0 spiro atoms. The van der Waals surface area contributed by atoms with Gasteiger partial charge in [0.05, 0.1) is 18.5 Å². The molecule has 1 aliphatic rings. The van der Waals surface area contributed by atoms with E-state index in [1.54, 1.807) is 0 Å². The molecule has 0 radical (unpaired) electrons. The van der Waals surface area contributed by atoms with E-state index < -0.39 is 10.0 Å².